The number of carbonyl (C=O) groups excluding carboxylic acids is 1. The van der Waals surface area contributed by atoms with Crippen molar-refractivity contribution in [3.8, 4) is 0 Å². The molecule has 2 N–H and O–H groups in total. The quantitative estimate of drug-likeness (QED) is 0.774. The van der Waals surface area contributed by atoms with E-state index in [9.17, 15) is 9.59 Å². The third-order valence-corrected chi connectivity index (χ3v) is 3.46. The van der Waals surface area contributed by atoms with Crippen LogP contribution in [-0.4, -0.2) is 23.0 Å². The first kappa shape index (κ1) is 17.2. The van der Waals surface area contributed by atoms with Crippen LogP contribution in [-0.2, 0) is 22.4 Å². The smallest absolute Gasteiger partial charge is 0.326 e. The third kappa shape index (κ3) is 5.98. The first-order chi connectivity index (χ1) is 9.93. The fourth-order valence-electron chi connectivity index (χ4n) is 2.13. The second kappa shape index (κ2) is 8.45. The average molecular weight is 291 g/mol. The van der Waals surface area contributed by atoms with Gasteiger partial charge < -0.3 is 10.4 Å². The Kier molecular flexibility index (Phi) is 6.92. The van der Waals surface area contributed by atoms with E-state index < -0.39 is 12.0 Å². The van der Waals surface area contributed by atoms with Crippen molar-refractivity contribution in [3.05, 3.63) is 35.4 Å². The van der Waals surface area contributed by atoms with E-state index in [0.29, 0.717) is 0 Å². The molecule has 0 fully saturated rings. The van der Waals surface area contributed by atoms with Crippen LogP contribution in [0.15, 0.2) is 24.3 Å². The lowest BCUT2D eigenvalue weighted by molar-refractivity contribution is -0.143. The van der Waals surface area contributed by atoms with E-state index in [1.165, 1.54) is 5.56 Å². The Balaban J connectivity index is 2.56. The average Bonchev–Trinajstić information content (AvgIpc) is 2.43. The fraction of sp³-hybridized carbons (Fsp3) is 0.529. The standard InChI is InChI=1S/C17H25NO3/c1-4-5-6-13-7-9-14(10-8-13)11-15(19)18-16(12(2)3)17(20)21/h7-10,12,16H,4-6,11H2,1-3H3,(H,18,19)(H,20,21)/t16-/m0/s1. The van der Waals surface area contributed by atoms with E-state index >= 15 is 0 Å². The molecule has 0 heterocycles. The molecule has 4 heteroatoms. The minimum atomic E-state index is -0.992. The Morgan fingerprint density at radius 1 is 1.14 bits per heavy atom. The molecule has 0 spiro atoms. The van der Waals surface area contributed by atoms with Gasteiger partial charge in [-0.25, -0.2) is 4.79 Å². The molecule has 0 aliphatic carbocycles. The zero-order valence-electron chi connectivity index (χ0n) is 13.1. The van der Waals surface area contributed by atoms with Crippen LogP contribution in [0.3, 0.4) is 0 Å². The van der Waals surface area contributed by atoms with Crippen molar-refractivity contribution in [3.63, 3.8) is 0 Å². The maximum Gasteiger partial charge on any atom is 0.326 e. The highest BCUT2D eigenvalue weighted by Gasteiger charge is 2.23. The Hall–Kier alpha value is -1.84. The molecule has 21 heavy (non-hydrogen) atoms. The molecule has 4 nitrogen and oxygen atoms in total. The van der Waals surface area contributed by atoms with E-state index in [-0.39, 0.29) is 18.2 Å². The lowest BCUT2D eigenvalue weighted by Crippen LogP contribution is -2.44. The summed E-state index contributed by atoms with van der Waals surface area (Å²) in [4.78, 5) is 23.0. The van der Waals surface area contributed by atoms with Crippen molar-refractivity contribution in [2.75, 3.05) is 0 Å². The van der Waals surface area contributed by atoms with Crippen LogP contribution in [0.5, 0.6) is 0 Å². The summed E-state index contributed by atoms with van der Waals surface area (Å²) in [6.45, 7) is 5.72. The molecule has 0 bridgehead atoms. The van der Waals surface area contributed by atoms with Crippen LogP contribution in [0.4, 0.5) is 0 Å². The molecule has 0 aromatic heterocycles. The monoisotopic (exact) mass is 291 g/mol. The molecule has 1 rings (SSSR count). The maximum atomic E-state index is 11.9. The minimum absolute atomic E-state index is 0.136. The highest BCUT2D eigenvalue weighted by Crippen LogP contribution is 2.09. The molecule has 0 unspecified atom stereocenters. The van der Waals surface area contributed by atoms with Crippen molar-refractivity contribution in [1.29, 1.82) is 0 Å². The first-order valence-corrected chi connectivity index (χ1v) is 7.54. The minimum Gasteiger partial charge on any atom is -0.480 e. The molecule has 116 valence electrons. The number of aryl methyl sites for hydroxylation is 1. The number of nitrogens with one attached hydrogen (secondary N) is 1. The number of rotatable bonds is 8. The maximum absolute atomic E-state index is 11.9. The lowest BCUT2D eigenvalue weighted by atomic mass is 10.0. The van der Waals surface area contributed by atoms with Crippen LogP contribution in [0.2, 0.25) is 0 Å². The predicted octanol–water partition coefficient (Wildman–Crippen LogP) is 2.80. The van der Waals surface area contributed by atoms with E-state index in [1.807, 2.05) is 24.3 Å². The summed E-state index contributed by atoms with van der Waals surface area (Å²) >= 11 is 0. The number of unbranched alkanes of at least 4 members (excludes halogenated alkanes) is 1. The van der Waals surface area contributed by atoms with Crippen LogP contribution < -0.4 is 5.32 Å². The highest BCUT2D eigenvalue weighted by molar-refractivity contribution is 5.85. The van der Waals surface area contributed by atoms with Crippen LogP contribution in [0, 0.1) is 5.92 Å². The van der Waals surface area contributed by atoms with Gasteiger partial charge in [-0.15, -0.1) is 0 Å². The summed E-state index contributed by atoms with van der Waals surface area (Å²) in [5.41, 5.74) is 2.17. The Morgan fingerprint density at radius 3 is 2.19 bits per heavy atom. The topological polar surface area (TPSA) is 66.4 Å². The summed E-state index contributed by atoms with van der Waals surface area (Å²) < 4.78 is 0. The van der Waals surface area contributed by atoms with Crippen LogP contribution in [0.1, 0.15) is 44.7 Å². The van der Waals surface area contributed by atoms with Gasteiger partial charge in [-0.05, 0) is 29.9 Å². The van der Waals surface area contributed by atoms with Gasteiger partial charge in [0.15, 0.2) is 0 Å². The van der Waals surface area contributed by atoms with Crippen molar-refractivity contribution >= 4 is 11.9 Å². The molecule has 0 aliphatic heterocycles. The molecule has 0 aliphatic rings. The van der Waals surface area contributed by atoms with Gasteiger partial charge in [0.25, 0.3) is 0 Å². The normalized spacial score (nSPS) is 12.2. The van der Waals surface area contributed by atoms with E-state index in [2.05, 4.69) is 12.2 Å². The highest BCUT2D eigenvalue weighted by atomic mass is 16.4. The SMILES string of the molecule is CCCCc1ccc(CC(=O)N[C@H](C(=O)O)C(C)C)cc1. The molecule has 1 atom stereocenters. The number of amides is 1. The summed E-state index contributed by atoms with van der Waals surface area (Å²) in [6.07, 6.45) is 3.59. The number of aliphatic carboxylic acids is 1. The van der Waals surface area contributed by atoms with E-state index in [1.54, 1.807) is 13.8 Å². The summed E-state index contributed by atoms with van der Waals surface area (Å²) in [5.74, 6) is -1.38. The second-order valence-electron chi connectivity index (χ2n) is 5.72. The summed E-state index contributed by atoms with van der Waals surface area (Å²) in [6, 6.07) is 7.12. The number of hydrogen-bond acceptors (Lipinski definition) is 2. The number of carbonyl (C=O) groups is 2. The van der Waals surface area contributed by atoms with Gasteiger partial charge in [-0.1, -0.05) is 51.5 Å². The van der Waals surface area contributed by atoms with Crippen LogP contribution >= 0.6 is 0 Å². The van der Waals surface area contributed by atoms with Gasteiger partial charge in [0.1, 0.15) is 6.04 Å². The molecule has 1 aromatic rings. The number of carboxylic acid groups (broad SMARTS) is 1. The molecule has 1 aromatic carbocycles. The second-order valence-corrected chi connectivity index (χ2v) is 5.72. The lowest BCUT2D eigenvalue weighted by Gasteiger charge is -2.17. The van der Waals surface area contributed by atoms with Crippen LogP contribution in [0.25, 0.3) is 0 Å². The largest absolute Gasteiger partial charge is 0.480 e. The van der Waals surface area contributed by atoms with Gasteiger partial charge in [-0.3, -0.25) is 4.79 Å². The van der Waals surface area contributed by atoms with E-state index in [0.717, 1.165) is 24.8 Å². The molecular weight excluding hydrogens is 266 g/mol. The van der Waals surface area contributed by atoms with Gasteiger partial charge in [0.2, 0.25) is 5.91 Å². The van der Waals surface area contributed by atoms with Crippen molar-refractivity contribution in [1.82, 2.24) is 5.32 Å². The van der Waals surface area contributed by atoms with Gasteiger partial charge in [0, 0.05) is 0 Å². The molecule has 0 saturated carbocycles. The molecule has 1 amide bonds. The Labute approximate surface area is 126 Å². The van der Waals surface area contributed by atoms with Gasteiger partial charge in [-0.2, -0.15) is 0 Å². The molecular formula is C17H25NO3. The first-order valence-electron chi connectivity index (χ1n) is 7.54. The zero-order chi connectivity index (χ0) is 15.8. The summed E-state index contributed by atoms with van der Waals surface area (Å²) in [7, 11) is 0. The third-order valence-electron chi connectivity index (χ3n) is 3.46. The van der Waals surface area contributed by atoms with Crippen molar-refractivity contribution in [2.45, 2.75) is 52.5 Å². The van der Waals surface area contributed by atoms with Crippen molar-refractivity contribution < 1.29 is 14.7 Å². The molecule has 0 radical (unpaired) electrons. The van der Waals surface area contributed by atoms with E-state index in [4.69, 9.17) is 5.11 Å². The number of benzene rings is 1. The zero-order valence-corrected chi connectivity index (χ0v) is 13.1. The fourth-order valence-corrected chi connectivity index (χ4v) is 2.13. The molecule has 0 saturated heterocycles. The predicted molar refractivity (Wildman–Crippen MR) is 83.2 cm³/mol. The number of carboxylic acids is 1. The van der Waals surface area contributed by atoms with Crippen molar-refractivity contribution in [2.24, 2.45) is 5.92 Å². The Morgan fingerprint density at radius 2 is 1.71 bits per heavy atom. The van der Waals surface area contributed by atoms with Gasteiger partial charge in [0.05, 0.1) is 6.42 Å². The summed E-state index contributed by atoms with van der Waals surface area (Å²) in [5, 5.41) is 11.6. The number of hydrogen-bond donors (Lipinski definition) is 2. The van der Waals surface area contributed by atoms with Gasteiger partial charge >= 0.3 is 5.97 Å². The Bertz CT molecular complexity index is 465.